The van der Waals surface area contributed by atoms with E-state index in [0.29, 0.717) is 5.13 Å². The predicted octanol–water partition coefficient (Wildman–Crippen LogP) is 4.56. The Labute approximate surface area is 127 Å². The fraction of sp³-hybridized carbons (Fsp3) is 0.176. The van der Waals surface area contributed by atoms with E-state index < -0.39 is 0 Å². The minimum absolute atomic E-state index is 0.00517. The molecular weight excluding hydrogens is 280 g/mol. The summed E-state index contributed by atoms with van der Waals surface area (Å²) in [6, 6.07) is 14.5. The van der Waals surface area contributed by atoms with Gasteiger partial charge >= 0.3 is 0 Å². The molecule has 1 N–H and O–H groups in total. The highest BCUT2D eigenvalue weighted by atomic mass is 32.1. The molecule has 21 heavy (non-hydrogen) atoms. The topological polar surface area (TPSA) is 42.0 Å². The monoisotopic (exact) mass is 296 g/mol. The van der Waals surface area contributed by atoms with Gasteiger partial charge in [0.15, 0.2) is 5.13 Å². The van der Waals surface area contributed by atoms with Crippen molar-refractivity contribution in [1.29, 1.82) is 0 Å². The zero-order valence-electron chi connectivity index (χ0n) is 12.0. The maximum Gasteiger partial charge on any atom is 0.228 e. The minimum atomic E-state index is -0.0435. The Hall–Kier alpha value is -2.20. The van der Waals surface area contributed by atoms with Gasteiger partial charge in [-0.3, -0.25) is 4.79 Å². The van der Waals surface area contributed by atoms with Gasteiger partial charge in [-0.25, -0.2) is 4.98 Å². The highest BCUT2D eigenvalue weighted by molar-refractivity contribution is 7.14. The third-order valence-electron chi connectivity index (χ3n) is 3.30. The third-order valence-corrected chi connectivity index (χ3v) is 4.06. The van der Waals surface area contributed by atoms with Gasteiger partial charge in [-0.05, 0) is 16.8 Å². The summed E-state index contributed by atoms with van der Waals surface area (Å²) >= 11 is 1.45. The number of fused-ring (bicyclic) bond motifs is 1. The largest absolute Gasteiger partial charge is 0.302 e. The van der Waals surface area contributed by atoms with Gasteiger partial charge in [0.2, 0.25) is 5.91 Å². The summed E-state index contributed by atoms with van der Waals surface area (Å²) in [5, 5.41) is 7.86. The van der Waals surface area contributed by atoms with E-state index in [4.69, 9.17) is 0 Å². The smallest absolute Gasteiger partial charge is 0.228 e. The standard InChI is InChI=1S/C17H16N2OS/c1-11(2)16(20)19-17-18-15(10-21-17)14-8-7-12-5-3-4-6-13(12)9-14/h3-11H,1-2H3,(H,18,19,20). The molecule has 3 nitrogen and oxygen atoms in total. The number of carbonyl (C=O) groups is 1. The summed E-state index contributed by atoms with van der Waals surface area (Å²) in [7, 11) is 0. The first-order valence-electron chi connectivity index (χ1n) is 6.89. The lowest BCUT2D eigenvalue weighted by Gasteiger charge is -2.03. The average Bonchev–Trinajstić information content (AvgIpc) is 2.95. The van der Waals surface area contributed by atoms with Crippen LogP contribution in [0.15, 0.2) is 47.8 Å². The van der Waals surface area contributed by atoms with Crippen LogP contribution < -0.4 is 5.32 Å². The number of anilines is 1. The molecule has 106 valence electrons. The molecule has 0 unspecified atom stereocenters. The van der Waals surface area contributed by atoms with E-state index in [0.717, 1.165) is 11.3 Å². The quantitative estimate of drug-likeness (QED) is 0.770. The molecule has 0 aliphatic rings. The fourth-order valence-electron chi connectivity index (χ4n) is 2.06. The van der Waals surface area contributed by atoms with Crippen molar-refractivity contribution >= 4 is 33.1 Å². The third kappa shape index (κ3) is 2.95. The van der Waals surface area contributed by atoms with Gasteiger partial charge < -0.3 is 5.32 Å². The Kier molecular flexibility index (Phi) is 3.71. The normalized spacial score (nSPS) is 11.0. The van der Waals surface area contributed by atoms with Crippen LogP contribution in [0.5, 0.6) is 0 Å². The van der Waals surface area contributed by atoms with Crippen LogP contribution in [0.2, 0.25) is 0 Å². The van der Waals surface area contributed by atoms with Gasteiger partial charge in [0.1, 0.15) is 0 Å². The van der Waals surface area contributed by atoms with Gasteiger partial charge in [0.25, 0.3) is 0 Å². The molecule has 0 atom stereocenters. The molecule has 0 aliphatic carbocycles. The summed E-state index contributed by atoms with van der Waals surface area (Å²) < 4.78 is 0. The first kappa shape index (κ1) is 13.8. The molecule has 0 spiro atoms. The zero-order valence-corrected chi connectivity index (χ0v) is 12.8. The second-order valence-electron chi connectivity index (χ2n) is 5.24. The molecule has 1 aromatic heterocycles. The Balaban J connectivity index is 1.89. The lowest BCUT2D eigenvalue weighted by molar-refractivity contribution is -0.118. The highest BCUT2D eigenvalue weighted by Crippen LogP contribution is 2.27. The Morgan fingerprint density at radius 1 is 1.14 bits per heavy atom. The number of rotatable bonds is 3. The number of hydrogen-bond acceptors (Lipinski definition) is 3. The van der Waals surface area contributed by atoms with Gasteiger partial charge in [-0.15, -0.1) is 11.3 Å². The molecule has 3 rings (SSSR count). The minimum Gasteiger partial charge on any atom is -0.302 e. The van der Waals surface area contributed by atoms with Gasteiger partial charge in [0.05, 0.1) is 5.69 Å². The van der Waals surface area contributed by atoms with Crippen LogP contribution in [0, 0.1) is 5.92 Å². The van der Waals surface area contributed by atoms with Gasteiger partial charge in [-0.1, -0.05) is 50.2 Å². The predicted molar refractivity (Wildman–Crippen MR) is 88.5 cm³/mol. The van der Waals surface area contributed by atoms with E-state index in [1.807, 2.05) is 31.4 Å². The number of nitrogens with zero attached hydrogens (tertiary/aromatic N) is 1. The highest BCUT2D eigenvalue weighted by Gasteiger charge is 2.11. The Morgan fingerprint density at radius 2 is 1.90 bits per heavy atom. The molecule has 4 heteroatoms. The first-order valence-corrected chi connectivity index (χ1v) is 7.77. The van der Waals surface area contributed by atoms with Crippen LogP contribution in [0.1, 0.15) is 13.8 Å². The van der Waals surface area contributed by atoms with E-state index in [9.17, 15) is 4.79 Å². The molecule has 3 aromatic rings. The van der Waals surface area contributed by atoms with Crippen LogP contribution in [-0.2, 0) is 4.79 Å². The number of carbonyl (C=O) groups excluding carboxylic acids is 1. The maximum absolute atomic E-state index is 11.7. The van der Waals surface area contributed by atoms with Crippen molar-refractivity contribution < 1.29 is 4.79 Å². The van der Waals surface area contributed by atoms with E-state index in [1.54, 1.807) is 0 Å². The second kappa shape index (κ2) is 5.66. The molecule has 0 bridgehead atoms. The summed E-state index contributed by atoms with van der Waals surface area (Å²) in [5.74, 6) is -0.0487. The van der Waals surface area contributed by atoms with Crippen molar-refractivity contribution in [3.63, 3.8) is 0 Å². The number of amides is 1. The molecule has 0 saturated heterocycles. The first-order chi connectivity index (χ1) is 10.1. The van der Waals surface area contributed by atoms with E-state index in [-0.39, 0.29) is 11.8 Å². The van der Waals surface area contributed by atoms with Crippen molar-refractivity contribution in [2.75, 3.05) is 5.32 Å². The van der Waals surface area contributed by atoms with Crippen LogP contribution >= 0.6 is 11.3 Å². The lowest BCUT2D eigenvalue weighted by Crippen LogP contribution is -2.17. The maximum atomic E-state index is 11.7. The van der Waals surface area contributed by atoms with Gasteiger partial charge in [0, 0.05) is 16.9 Å². The zero-order chi connectivity index (χ0) is 14.8. The molecular formula is C17H16N2OS. The van der Waals surface area contributed by atoms with Crippen molar-refractivity contribution in [3.8, 4) is 11.3 Å². The summed E-state index contributed by atoms with van der Waals surface area (Å²) in [4.78, 5) is 16.2. The summed E-state index contributed by atoms with van der Waals surface area (Å²) in [6.45, 7) is 3.74. The lowest BCUT2D eigenvalue weighted by atomic mass is 10.1. The second-order valence-corrected chi connectivity index (χ2v) is 6.10. The molecule has 0 aliphatic heterocycles. The van der Waals surface area contributed by atoms with Crippen molar-refractivity contribution in [1.82, 2.24) is 4.98 Å². The number of nitrogens with one attached hydrogen (secondary N) is 1. The number of benzene rings is 2. The number of hydrogen-bond donors (Lipinski definition) is 1. The molecule has 0 radical (unpaired) electrons. The van der Waals surface area contributed by atoms with Crippen LogP contribution in [0.25, 0.3) is 22.0 Å². The van der Waals surface area contributed by atoms with E-state index in [2.05, 4.69) is 40.6 Å². The van der Waals surface area contributed by atoms with Crippen LogP contribution in [0.3, 0.4) is 0 Å². The number of aromatic nitrogens is 1. The molecule has 2 aromatic carbocycles. The van der Waals surface area contributed by atoms with Crippen molar-refractivity contribution in [2.24, 2.45) is 5.92 Å². The van der Waals surface area contributed by atoms with Crippen molar-refractivity contribution in [3.05, 3.63) is 47.8 Å². The summed E-state index contributed by atoms with van der Waals surface area (Å²) in [5.41, 5.74) is 1.96. The molecule has 0 saturated carbocycles. The van der Waals surface area contributed by atoms with E-state index >= 15 is 0 Å². The molecule has 1 heterocycles. The fourth-order valence-corrected chi connectivity index (χ4v) is 2.78. The number of thiazole rings is 1. The Bertz CT molecular complexity index is 792. The average molecular weight is 296 g/mol. The van der Waals surface area contributed by atoms with Crippen molar-refractivity contribution in [2.45, 2.75) is 13.8 Å². The van der Waals surface area contributed by atoms with Crippen LogP contribution in [0.4, 0.5) is 5.13 Å². The molecule has 0 fully saturated rings. The Morgan fingerprint density at radius 3 is 2.67 bits per heavy atom. The van der Waals surface area contributed by atoms with Gasteiger partial charge in [-0.2, -0.15) is 0 Å². The van der Waals surface area contributed by atoms with E-state index in [1.165, 1.54) is 22.1 Å². The summed E-state index contributed by atoms with van der Waals surface area (Å²) in [6.07, 6.45) is 0. The molecule has 1 amide bonds. The van der Waals surface area contributed by atoms with Crippen LogP contribution in [-0.4, -0.2) is 10.9 Å². The SMILES string of the molecule is CC(C)C(=O)Nc1nc(-c2ccc3ccccc3c2)cs1.